The first-order valence-corrected chi connectivity index (χ1v) is 8.33. The SMILES string of the molecule is CC(CNC1CC1)c1ccc(COC2CCOCC2)cc1. The molecule has 1 aliphatic carbocycles. The maximum Gasteiger partial charge on any atom is 0.0720 e. The van der Waals surface area contributed by atoms with E-state index in [1.807, 2.05) is 0 Å². The third kappa shape index (κ3) is 4.80. The van der Waals surface area contributed by atoms with Gasteiger partial charge in [0.05, 0.1) is 12.7 Å². The van der Waals surface area contributed by atoms with Crippen LogP contribution in [-0.4, -0.2) is 31.9 Å². The molecule has 1 aliphatic heterocycles. The van der Waals surface area contributed by atoms with Crippen LogP contribution in [0.25, 0.3) is 0 Å². The lowest BCUT2D eigenvalue weighted by atomic mass is 10.00. The second-order valence-corrected chi connectivity index (χ2v) is 6.45. The smallest absolute Gasteiger partial charge is 0.0720 e. The number of hydrogen-bond acceptors (Lipinski definition) is 3. The molecule has 1 atom stereocenters. The van der Waals surface area contributed by atoms with Gasteiger partial charge in [0.2, 0.25) is 0 Å². The fourth-order valence-corrected chi connectivity index (χ4v) is 2.75. The Balaban J connectivity index is 1.43. The Kier molecular flexibility index (Phi) is 5.28. The summed E-state index contributed by atoms with van der Waals surface area (Å²) in [5.41, 5.74) is 2.69. The third-order valence-corrected chi connectivity index (χ3v) is 4.49. The Bertz CT molecular complexity index is 421. The highest BCUT2D eigenvalue weighted by molar-refractivity contribution is 5.25. The molecule has 1 saturated heterocycles. The van der Waals surface area contributed by atoms with Crippen LogP contribution in [0.5, 0.6) is 0 Å². The van der Waals surface area contributed by atoms with Crippen LogP contribution in [0.4, 0.5) is 0 Å². The van der Waals surface area contributed by atoms with E-state index < -0.39 is 0 Å². The van der Waals surface area contributed by atoms with Gasteiger partial charge in [0.25, 0.3) is 0 Å². The van der Waals surface area contributed by atoms with Crippen LogP contribution in [0.3, 0.4) is 0 Å². The molecule has 1 N–H and O–H groups in total. The molecule has 1 unspecified atom stereocenters. The van der Waals surface area contributed by atoms with Crippen LogP contribution >= 0.6 is 0 Å². The molecule has 3 heteroatoms. The van der Waals surface area contributed by atoms with E-state index in [-0.39, 0.29) is 0 Å². The largest absolute Gasteiger partial charge is 0.381 e. The van der Waals surface area contributed by atoms with Gasteiger partial charge >= 0.3 is 0 Å². The van der Waals surface area contributed by atoms with Gasteiger partial charge in [0, 0.05) is 25.8 Å². The molecule has 0 bridgehead atoms. The lowest BCUT2D eigenvalue weighted by molar-refractivity contribution is -0.0390. The molecular formula is C18H27NO2. The number of hydrogen-bond donors (Lipinski definition) is 1. The van der Waals surface area contributed by atoms with E-state index in [9.17, 15) is 0 Å². The number of nitrogens with one attached hydrogen (secondary N) is 1. The van der Waals surface area contributed by atoms with E-state index in [1.165, 1.54) is 24.0 Å². The lowest BCUT2D eigenvalue weighted by Gasteiger charge is -2.22. The highest BCUT2D eigenvalue weighted by atomic mass is 16.5. The predicted octanol–water partition coefficient (Wildman–Crippen LogP) is 3.24. The van der Waals surface area contributed by atoms with Crippen molar-refractivity contribution < 1.29 is 9.47 Å². The van der Waals surface area contributed by atoms with Crippen LogP contribution in [0.1, 0.15) is 49.7 Å². The molecule has 1 aromatic carbocycles. The first kappa shape index (κ1) is 15.0. The quantitative estimate of drug-likeness (QED) is 0.836. The zero-order chi connectivity index (χ0) is 14.5. The zero-order valence-electron chi connectivity index (χ0n) is 13.0. The molecule has 21 heavy (non-hydrogen) atoms. The molecule has 3 rings (SSSR count). The van der Waals surface area contributed by atoms with Crippen molar-refractivity contribution in [1.29, 1.82) is 0 Å². The van der Waals surface area contributed by atoms with Crippen LogP contribution in [0.2, 0.25) is 0 Å². The van der Waals surface area contributed by atoms with Crippen molar-refractivity contribution >= 4 is 0 Å². The minimum atomic E-state index is 0.375. The summed E-state index contributed by atoms with van der Waals surface area (Å²) < 4.78 is 11.3. The number of rotatable bonds is 7. The summed E-state index contributed by atoms with van der Waals surface area (Å²) in [7, 11) is 0. The summed E-state index contributed by atoms with van der Waals surface area (Å²) in [4.78, 5) is 0. The fourth-order valence-electron chi connectivity index (χ4n) is 2.75. The molecule has 116 valence electrons. The molecule has 2 aliphatic rings. The van der Waals surface area contributed by atoms with Crippen molar-refractivity contribution in [2.45, 2.75) is 57.3 Å². The van der Waals surface area contributed by atoms with Crippen molar-refractivity contribution in [2.75, 3.05) is 19.8 Å². The van der Waals surface area contributed by atoms with Crippen LogP contribution in [-0.2, 0) is 16.1 Å². The Morgan fingerprint density at radius 2 is 1.86 bits per heavy atom. The van der Waals surface area contributed by atoms with E-state index in [2.05, 4.69) is 36.5 Å². The molecule has 1 heterocycles. The Morgan fingerprint density at radius 3 is 2.52 bits per heavy atom. The number of benzene rings is 1. The Morgan fingerprint density at radius 1 is 1.14 bits per heavy atom. The molecule has 1 saturated carbocycles. The zero-order valence-corrected chi connectivity index (χ0v) is 13.0. The first-order chi connectivity index (χ1) is 10.3. The highest BCUT2D eigenvalue weighted by Crippen LogP contribution is 2.21. The minimum absolute atomic E-state index is 0.375. The van der Waals surface area contributed by atoms with Crippen LogP contribution in [0, 0.1) is 0 Å². The molecule has 0 spiro atoms. The van der Waals surface area contributed by atoms with Crippen LogP contribution < -0.4 is 5.32 Å². The van der Waals surface area contributed by atoms with Gasteiger partial charge in [0.15, 0.2) is 0 Å². The van der Waals surface area contributed by atoms with Crippen molar-refractivity contribution in [3.8, 4) is 0 Å². The average Bonchev–Trinajstić information content (AvgIpc) is 3.36. The molecule has 3 nitrogen and oxygen atoms in total. The van der Waals surface area contributed by atoms with E-state index in [0.29, 0.717) is 12.0 Å². The van der Waals surface area contributed by atoms with E-state index >= 15 is 0 Å². The Hall–Kier alpha value is -0.900. The second kappa shape index (κ2) is 7.39. The van der Waals surface area contributed by atoms with Crippen molar-refractivity contribution in [3.63, 3.8) is 0 Å². The third-order valence-electron chi connectivity index (χ3n) is 4.49. The first-order valence-electron chi connectivity index (χ1n) is 8.33. The summed E-state index contributed by atoms with van der Waals surface area (Å²) in [6.45, 7) is 5.79. The summed E-state index contributed by atoms with van der Waals surface area (Å²) in [6.07, 6.45) is 5.15. The summed E-state index contributed by atoms with van der Waals surface area (Å²) in [5.74, 6) is 0.580. The van der Waals surface area contributed by atoms with E-state index in [1.54, 1.807) is 0 Å². The average molecular weight is 289 g/mol. The summed E-state index contributed by atoms with van der Waals surface area (Å²) in [5, 5.41) is 3.60. The Labute approximate surface area is 128 Å². The number of ether oxygens (including phenoxy) is 2. The standard InChI is InChI=1S/C18H27NO2/c1-14(12-19-17-6-7-17)16-4-2-15(3-5-16)13-21-18-8-10-20-11-9-18/h2-5,14,17-19H,6-13H2,1H3. The van der Waals surface area contributed by atoms with E-state index in [4.69, 9.17) is 9.47 Å². The van der Waals surface area contributed by atoms with Gasteiger partial charge in [-0.15, -0.1) is 0 Å². The minimum Gasteiger partial charge on any atom is -0.381 e. The topological polar surface area (TPSA) is 30.5 Å². The van der Waals surface area contributed by atoms with Gasteiger partial charge in [-0.25, -0.2) is 0 Å². The lowest BCUT2D eigenvalue weighted by Crippen LogP contribution is -2.23. The molecule has 0 aromatic heterocycles. The molecule has 0 amide bonds. The van der Waals surface area contributed by atoms with Gasteiger partial charge in [-0.2, -0.15) is 0 Å². The molecule has 2 fully saturated rings. The summed E-state index contributed by atoms with van der Waals surface area (Å²) in [6, 6.07) is 9.72. The van der Waals surface area contributed by atoms with Gasteiger partial charge in [-0.3, -0.25) is 0 Å². The van der Waals surface area contributed by atoms with Crippen LogP contribution in [0.15, 0.2) is 24.3 Å². The summed E-state index contributed by atoms with van der Waals surface area (Å²) >= 11 is 0. The van der Waals surface area contributed by atoms with Gasteiger partial charge in [-0.1, -0.05) is 31.2 Å². The highest BCUT2D eigenvalue weighted by Gasteiger charge is 2.21. The van der Waals surface area contributed by atoms with Crippen molar-refractivity contribution in [3.05, 3.63) is 35.4 Å². The second-order valence-electron chi connectivity index (χ2n) is 6.45. The fraction of sp³-hybridized carbons (Fsp3) is 0.667. The van der Waals surface area contributed by atoms with Gasteiger partial charge in [-0.05, 0) is 42.7 Å². The van der Waals surface area contributed by atoms with Gasteiger partial charge < -0.3 is 14.8 Å². The van der Waals surface area contributed by atoms with Crippen molar-refractivity contribution in [2.24, 2.45) is 0 Å². The van der Waals surface area contributed by atoms with Gasteiger partial charge in [0.1, 0.15) is 0 Å². The molecular weight excluding hydrogens is 262 g/mol. The normalized spacial score (nSPS) is 21.4. The molecule has 0 radical (unpaired) electrons. The maximum atomic E-state index is 5.96. The monoisotopic (exact) mass is 289 g/mol. The van der Waals surface area contributed by atoms with Crippen molar-refractivity contribution in [1.82, 2.24) is 5.32 Å². The molecule has 1 aromatic rings. The maximum absolute atomic E-state index is 5.96. The van der Waals surface area contributed by atoms with E-state index in [0.717, 1.165) is 45.2 Å². The predicted molar refractivity (Wildman–Crippen MR) is 84.5 cm³/mol.